The zero-order valence-electron chi connectivity index (χ0n) is 14.2. The Morgan fingerprint density at radius 2 is 1.77 bits per heavy atom. The third-order valence-corrected chi connectivity index (χ3v) is 6.03. The van der Waals surface area contributed by atoms with Crippen molar-refractivity contribution in [3.8, 4) is 5.75 Å². The SMILES string of the molecule is Cc1cc(OCc2nnc(SCc3ccc(Cl)c(Cl)c3)n2C)ccc1Cl. The van der Waals surface area contributed by atoms with Crippen LogP contribution in [-0.2, 0) is 19.4 Å². The quantitative estimate of drug-likeness (QED) is 0.454. The van der Waals surface area contributed by atoms with E-state index in [2.05, 4.69) is 10.2 Å². The molecule has 0 amide bonds. The molecule has 2 aromatic carbocycles. The van der Waals surface area contributed by atoms with Gasteiger partial charge in [0.2, 0.25) is 0 Å². The van der Waals surface area contributed by atoms with Crippen molar-refractivity contribution in [2.75, 3.05) is 0 Å². The molecule has 26 heavy (non-hydrogen) atoms. The van der Waals surface area contributed by atoms with Gasteiger partial charge in [0.1, 0.15) is 12.4 Å². The van der Waals surface area contributed by atoms with E-state index in [0.29, 0.717) is 16.7 Å². The van der Waals surface area contributed by atoms with Gasteiger partial charge < -0.3 is 9.30 Å². The van der Waals surface area contributed by atoms with Gasteiger partial charge in [0.25, 0.3) is 0 Å². The molecule has 0 saturated carbocycles. The third-order valence-electron chi connectivity index (χ3n) is 3.77. The number of aromatic nitrogens is 3. The minimum absolute atomic E-state index is 0.331. The van der Waals surface area contributed by atoms with Crippen LogP contribution < -0.4 is 4.74 Å². The number of nitrogens with zero attached hydrogens (tertiary/aromatic N) is 3. The van der Waals surface area contributed by atoms with Crippen molar-refractivity contribution in [2.45, 2.75) is 24.4 Å². The summed E-state index contributed by atoms with van der Waals surface area (Å²) in [6.07, 6.45) is 0. The van der Waals surface area contributed by atoms with Crippen molar-refractivity contribution in [1.29, 1.82) is 0 Å². The molecule has 0 atom stereocenters. The van der Waals surface area contributed by atoms with E-state index in [1.807, 2.05) is 48.9 Å². The summed E-state index contributed by atoms with van der Waals surface area (Å²) < 4.78 is 7.71. The molecule has 0 unspecified atom stereocenters. The summed E-state index contributed by atoms with van der Waals surface area (Å²) in [5.41, 5.74) is 2.04. The fourth-order valence-corrected chi connectivity index (χ4v) is 3.54. The van der Waals surface area contributed by atoms with Crippen molar-refractivity contribution in [1.82, 2.24) is 14.8 Å². The average molecular weight is 429 g/mol. The summed E-state index contributed by atoms with van der Waals surface area (Å²) in [4.78, 5) is 0. The second-order valence-electron chi connectivity index (χ2n) is 5.69. The Morgan fingerprint density at radius 3 is 2.50 bits per heavy atom. The van der Waals surface area contributed by atoms with Crippen molar-refractivity contribution in [2.24, 2.45) is 7.05 Å². The summed E-state index contributed by atoms with van der Waals surface area (Å²) >= 11 is 19.6. The second-order valence-corrected chi connectivity index (χ2v) is 7.86. The Bertz CT molecular complexity index is 857. The standard InChI is InChI=1S/C18H16Cl3N3OS/c1-11-7-13(4-6-14(11)19)25-9-17-22-23-18(24(17)2)26-10-12-3-5-15(20)16(21)8-12/h3-8H,9-10H2,1-2H3. The van der Waals surface area contributed by atoms with Gasteiger partial charge in [-0.15, -0.1) is 10.2 Å². The summed E-state index contributed by atoms with van der Waals surface area (Å²) in [6.45, 7) is 2.27. The number of benzene rings is 2. The zero-order valence-corrected chi connectivity index (χ0v) is 17.3. The minimum atomic E-state index is 0.331. The first kappa shape index (κ1) is 19.4. The fourth-order valence-electron chi connectivity index (χ4n) is 2.23. The van der Waals surface area contributed by atoms with Crippen LogP contribution in [0.3, 0.4) is 0 Å². The van der Waals surface area contributed by atoms with Crippen LogP contribution in [0.25, 0.3) is 0 Å². The molecule has 4 nitrogen and oxygen atoms in total. The highest BCUT2D eigenvalue weighted by molar-refractivity contribution is 7.98. The largest absolute Gasteiger partial charge is 0.486 e. The first-order chi connectivity index (χ1) is 12.4. The molecule has 8 heteroatoms. The highest BCUT2D eigenvalue weighted by Crippen LogP contribution is 2.27. The van der Waals surface area contributed by atoms with Crippen molar-refractivity contribution in [3.05, 3.63) is 68.4 Å². The van der Waals surface area contributed by atoms with Gasteiger partial charge in [0.15, 0.2) is 11.0 Å². The maximum atomic E-state index is 6.05. The number of aryl methyl sites for hydroxylation is 1. The lowest BCUT2D eigenvalue weighted by Crippen LogP contribution is -2.04. The van der Waals surface area contributed by atoms with Crippen LogP contribution in [0, 0.1) is 6.92 Å². The van der Waals surface area contributed by atoms with Crippen molar-refractivity contribution < 1.29 is 4.74 Å². The molecule has 1 heterocycles. The Labute approximate surface area is 171 Å². The summed E-state index contributed by atoms with van der Waals surface area (Å²) in [5.74, 6) is 2.22. The monoisotopic (exact) mass is 427 g/mol. The van der Waals surface area contributed by atoms with Gasteiger partial charge in [-0.05, 0) is 48.4 Å². The van der Waals surface area contributed by atoms with E-state index in [4.69, 9.17) is 39.5 Å². The Morgan fingerprint density at radius 1 is 1.00 bits per heavy atom. The molecule has 1 aromatic heterocycles. The Hall–Kier alpha value is -1.40. The number of rotatable bonds is 6. The second kappa shape index (κ2) is 8.53. The summed E-state index contributed by atoms with van der Waals surface area (Å²) in [6, 6.07) is 11.2. The molecular weight excluding hydrogens is 413 g/mol. The fraction of sp³-hybridized carbons (Fsp3) is 0.222. The first-order valence-electron chi connectivity index (χ1n) is 7.78. The smallest absolute Gasteiger partial charge is 0.191 e. The Kier molecular flexibility index (Phi) is 6.35. The first-order valence-corrected chi connectivity index (χ1v) is 9.90. The topological polar surface area (TPSA) is 39.9 Å². The normalized spacial score (nSPS) is 11.0. The van der Waals surface area contributed by atoms with E-state index in [1.54, 1.807) is 17.8 Å². The Balaban J connectivity index is 1.61. The molecular formula is C18H16Cl3N3OS. The molecule has 0 aliphatic carbocycles. The molecule has 136 valence electrons. The van der Waals surface area contributed by atoms with Crippen molar-refractivity contribution >= 4 is 46.6 Å². The van der Waals surface area contributed by atoms with E-state index >= 15 is 0 Å². The van der Waals surface area contributed by atoms with Gasteiger partial charge in [0, 0.05) is 17.8 Å². The lowest BCUT2D eigenvalue weighted by atomic mass is 10.2. The number of ether oxygens (including phenoxy) is 1. The van der Waals surface area contributed by atoms with Gasteiger partial charge in [-0.3, -0.25) is 0 Å². The van der Waals surface area contributed by atoms with Gasteiger partial charge >= 0.3 is 0 Å². The van der Waals surface area contributed by atoms with Gasteiger partial charge in [-0.25, -0.2) is 0 Å². The number of hydrogen-bond donors (Lipinski definition) is 0. The van der Waals surface area contributed by atoms with E-state index in [-0.39, 0.29) is 0 Å². The van der Waals surface area contributed by atoms with Crippen LogP contribution in [0.1, 0.15) is 17.0 Å². The van der Waals surface area contributed by atoms with E-state index < -0.39 is 0 Å². The van der Waals surface area contributed by atoms with Crippen LogP contribution in [0.4, 0.5) is 0 Å². The predicted molar refractivity (Wildman–Crippen MR) is 108 cm³/mol. The molecule has 0 spiro atoms. The van der Waals surface area contributed by atoms with E-state index in [0.717, 1.165) is 38.6 Å². The molecule has 0 aliphatic heterocycles. The number of thioether (sulfide) groups is 1. The lowest BCUT2D eigenvalue weighted by Gasteiger charge is -2.08. The third kappa shape index (κ3) is 4.65. The number of halogens is 3. The summed E-state index contributed by atoms with van der Waals surface area (Å²) in [7, 11) is 1.92. The van der Waals surface area contributed by atoms with Crippen LogP contribution in [0.2, 0.25) is 15.1 Å². The molecule has 3 aromatic rings. The highest BCUT2D eigenvalue weighted by Gasteiger charge is 2.11. The van der Waals surface area contributed by atoms with Gasteiger partial charge in [-0.2, -0.15) is 0 Å². The maximum absolute atomic E-state index is 6.05. The molecule has 3 rings (SSSR count). The van der Waals surface area contributed by atoms with Gasteiger partial charge in [-0.1, -0.05) is 52.6 Å². The zero-order chi connectivity index (χ0) is 18.7. The van der Waals surface area contributed by atoms with E-state index in [1.165, 1.54) is 0 Å². The van der Waals surface area contributed by atoms with Gasteiger partial charge in [0.05, 0.1) is 10.0 Å². The summed E-state index contributed by atoms with van der Waals surface area (Å²) in [5, 5.41) is 11.1. The van der Waals surface area contributed by atoms with E-state index in [9.17, 15) is 0 Å². The average Bonchev–Trinajstić information content (AvgIpc) is 2.97. The molecule has 0 aliphatic rings. The molecule has 0 radical (unpaired) electrons. The minimum Gasteiger partial charge on any atom is -0.486 e. The maximum Gasteiger partial charge on any atom is 0.191 e. The van der Waals surface area contributed by atoms with Crippen LogP contribution in [0.5, 0.6) is 5.75 Å². The number of hydrogen-bond acceptors (Lipinski definition) is 4. The van der Waals surface area contributed by atoms with Crippen molar-refractivity contribution in [3.63, 3.8) is 0 Å². The highest BCUT2D eigenvalue weighted by atomic mass is 35.5. The lowest BCUT2D eigenvalue weighted by molar-refractivity contribution is 0.290. The van der Waals surface area contributed by atoms with Crippen LogP contribution in [0.15, 0.2) is 41.6 Å². The molecule has 0 bridgehead atoms. The van der Waals surface area contributed by atoms with Crippen LogP contribution >= 0.6 is 46.6 Å². The molecule has 0 N–H and O–H groups in total. The van der Waals surface area contributed by atoms with Crippen LogP contribution in [-0.4, -0.2) is 14.8 Å². The molecule has 0 saturated heterocycles. The predicted octanol–water partition coefficient (Wildman–Crippen LogP) is 5.96. The molecule has 0 fully saturated rings.